The molecule has 0 bridgehead atoms. The van der Waals surface area contributed by atoms with Gasteiger partial charge < -0.3 is 15.0 Å². The number of carbonyl (C=O) groups is 1. The number of benzene rings is 1. The number of rotatable bonds is 4. The van der Waals surface area contributed by atoms with Gasteiger partial charge in [0.2, 0.25) is 0 Å². The second kappa shape index (κ2) is 7.05. The van der Waals surface area contributed by atoms with E-state index in [-0.39, 0.29) is 11.6 Å². The fourth-order valence-electron chi connectivity index (χ4n) is 2.68. The molecule has 1 aromatic carbocycles. The van der Waals surface area contributed by atoms with Crippen LogP contribution in [-0.4, -0.2) is 36.3 Å². The molecule has 1 saturated heterocycles. The highest BCUT2D eigenvalue weighted by Gasteiger charge is 2.16. The lowest BCUT2D eigenvalue weighted by atomic mass is 10.2. The standard InChI is InChI=1S/C17H19ClN4O2/c1-11-9-14(15(24-2)10-12(11)18)19-17(23)13-5-6-16(21-20-13)22-7-3-4-8-22/h5-6,9-10H,3-4,7-8H2,1-2H3,(H,19,23). The number of amides is 1. The van der Waals surface area contributed by atoms with Gasteiger partial charge in [-0.2, -0.15) is 0 Å². The van der Waals surface area contributed by atoms with Crippen molar-refractivity contribution in [3.05, 3.63) is 40.5 Å². The predicted octanol–water partition coefficient (Wildman–Crippen LogP) is 3.30. The minimum absolute atomic E-state index is 0.257. The number of hydrogen-bond acceptors (Lipinski definition) is 5. The first-order valence-corrected chi connectivity index (χ1v) is 8.20. The topological polar surface area (TPSA) is 67.3 Å². The summed E-state index contributed by atoms with van der Waals surface area (Å²) in [5, 5.41) is 11.6. The molecule has 0 saturated carbocycles. The monoisotopic (exact) mass is 346 g/mol. The van der Waals surface area contributed by atoms with Gasteiger partial charge in [-0.05, 0) is 43.5 Å². The van der Waals surface area contributed by atoms with Gasteiger partial charge in [0.15, 0.2) is 11.5 Å². The van der Waals surface area contributed by atoms with Gasteiger partial charge >= 0.3 is 0 Å². The van der Waals surface area contributed by atoms with Gasteiger partial charge in [-0.3, -0.25) is 4.79 Å². The SMILES string of the molecule is COc1cc(Cl)c(C)cc1NC(=O)c1ccc(N2CCCC2)nn1. The second-order valence-corrected chi connectivity index (χ2v) is 6.13. The summed E-state index contributed by atoms with van der Waals surface area (Å²) < 4.78 is 5.26. The number of nitrogens with one attached hydrogen (secondary N) is 1. The second-order valence-electron chi connectivity index (χ2n) is 5.73. The summed E-state index contributed by atoms with van der Waals surface area (Å²) in [6.07, 6.45) is 2.33. The number of aryl methyl sites for hydroxylation is 1. The third-order valence-electron chi connectivity index (χ3n) is 4.04. The Morgan fingerprint density at radius 3 is 2.62 bits per heavy atom. The van der Waals surface area contributed by atoms with Crippen LogP contribution in [0.5, 0.6) is 5.75 Å². The van der Waals surface area contributed by atoms with Gasteiger partial charge in [0, 0.05) is 24.2 Å². The van der Waals surface area contributed by atoms with E-state index < -0.39 is 0 Å². The molecule has 2 aromatic rings. The van der Waals surface area contributed by atoms with E-state index in [1.165, 1.54) is 20.0 Å². The van der Waals surface area contributed by atoms with Crippen molar-refractivity contribution >= 4 is 29.0 Å². The highest BCUT2D eigenvalue weighted by atomic mass is 35.5. The van der Waals surface area contributed by atoms with E-state index in [1.807, 2.05) is 13.0 Å². The van der Waals surface area contributed by atoms with Crippen molar-refractivity contribution in [2.45, 2.75) is 19.8 Å². The van der Waals surface area contributed by atoms with Crippen molar-refractivity contribution in [1.82, 2.24) is 10.2 Å². The molecule has 2 heterocycles. The van der Waals surface area contributed by atoms with Crippen LogP contribution in [0.3, 0.4) is 0 Å². The Morgan fingerprint density at radius 1 is 1.25 bits per heavy atom. The van der Waals surface area contributed by atoms with Crippen molar-refractivity contribution in [2.75, 3.05) is 30.4 Å². The van der Waals surface area contributed by atoms with Crippen molar-refractivity contribution in [2.24, 2.45) is 0 Å². The first kappa shape index (κ1) is 16.5. The molecule has 1 N–H and O–H groups in total. The molecule has 0 unspecified atom stereocenters. The van der Waals surface area contributed by atoms with Crippen LogP contribution in [0, 0.1) is 6.92 Å². The van der Waals surface area contributed by atoms with E-state index in [1.54, 1.807) is 18.2 Å². The molecule has 6 nitrogen and oxygen atoms in total. The highest BCUT2D eigenvalue weighted by Crippen LogP contribution is 2.31. The summed E-state index contributed by atoms with van der Waals surface area (Å²) in [5.74, 6) is 0.972. The molecule has 126 valence electrons. The van der Waals surface area contributed by atoms with E-state index in [4.69, 9.17) is 16.3 Å². The quantitative estimate of drug-likeness (QED) is 0.920. The van der Waals surface area contributed by atoms with Crippen molar-refractivity contribution in [1.29, 1.82) is 0 Å². The Labute approximate surface area is 145 Å². The summed E-state index contributed by atoms with van der Waals surface area (Å²) >= 11 is 6.08. The highest BCUT2D eigenvalue weighted by molar-refractivity contribution is 6.31. The average molecular weight is 347 g/mol. The largest absolute Gasteiger partial charge is 0.495 e. The number of ether oxygens (including phenoxy) is 1. The first-order chi connectivity index (χ1) is 11.6. The Morgan fingerprint density at radius 2 is 2.00 bits per heavy atom. The fraction of sp³-hybridized carbons (Fsp3) is 0.353. The van der Waals surface area contributed by atoms with Gasteiger partial charge in [0.25, 0.3) is 5.91 Å². The summed E-state index contributed by atoms with van der Waals surface area (Å²) in [7, 11) is 1.53. The first-order valence-electron chi connectivity index (χ1n) is 7.82. The third kappa shape index (κ3) is 3.43. The van der Waals surface area contributed by atoms with E-state index in [2.05, 4.69) is 20.4 Å². The summed E-state index contributed by atoms with van der Waals surface area (Å²) in [5.41, 5.74) is 1.66. The van der Waals surface area contributed by atoms with Crippen LogP contribution in [0.25, 0.3) is 0 Å². The Balaban J connectivity index is 1.76. The molecule has 1 fully saturated rings. The van der Waals surface area contributed by atoms with Crippen LogP contribution in [0.4, 0.5) is 11.5 Å². The lowest BCUT2D eigenvalue weighted by Crippen LogP contribution is -2.21. The van der Waals surface area contributed by atoms with Gasteiger partial charge in [-0.25, -0.2) is 0 Å². The lowest BCUT2D eigenvalue weighted by molar-refractivity contribution is 0.102. The summed E-state index contributed by atoms with van der Waals surface area (Å²) in [6, 6.07) is 6.96. The number of carbonyl (C=O) groups excluding carboxylic acids is 1. The molecule has 3 rings (SSSR count). The van der Waals surface area contributed by atoms with Gasteiger partial charge in [0.05, 0.1) is 12.8 Å². The predicted molar refractivity (Wildman–Crippen MR) is 94.2 cm³/mol. The van der Waals surface area contributed by atoms with E-state index in [0.29, 0.717) is 16.5 Å². The van der Waals surface area contributed by atoms with Crippen LogP contribution >= 0.6 is 11.6 Å². The number of aromatic nitrogens is 2. The summed E-state index contributed by atoms with van der Waals surface area (Å²) in [6.45, 7) is 3.84. The molecule has 1 amide bonds. The van der Waals surface area contributed by atoms with Gasteiger partial charge in [-0.15, -0.1) is 10.2 Å². The smallest absolute Gasteiger partial charge is 0.276 e. The molecule has 1 aromatic heterocycles. The molecule has 0 radical (unpaired) electrons. The molecule has 1 aliphatic heterocycles. The molecular weight excluding hydrogens is 328 g/mol. The van der Waals surface area contributed by atoms with E-state index in [0.717, 1.165) is 24.5 Å². The normalized spacial score (nSPS) is 13.9. The van der Waals surface area contributed by atoms with Crippen LogP contribution < -0.4 is 15.0 Å². The molecule has 1 aliphatic rings. The maximum atomic E-state index is 12.4. The summed E-state index contributed by atoms with van der Waals surface area (Å²) in [4.78, 5) is 14.6. The average Bonchev–Trinajstić information content (AvgIpc) is 3.12. The zero-order valence-electron chi connectivity index (χ0n) is 13.7. The van der Waals surface area contributed by atoms with Crippen LogP contribution in [-0.2, 0) is 0 Å². The Bertz CT molecular complexity index is 743. The van der Waals surface area contributed by atoms with E-state index >= 15 is 0 Å². The molecule has 24 heavy (non-hydrogen) atoms. The zero-order valence-corrected chi connectivity index (χ0v) is 14.4. The fourth-order valence-corrected chi connectivity index (χ4v) is 2.83. The lowest BCUT2D eigenvalue weighted by Gasteiger charge is -2.15. The number of hydrogen-bond donors (Lipinski definition) is 1. The number of methoxy groups -OCH3 is 1. The number of nitrogens with zero attached hydrogens (tertiary/aromatic N) is 3. The number of halogens is 1. The molecule has 0 atom stereocenters. The van der Waals surface area contributed by atoms with Crippen LogP contribution in [0.15, 0.2) is 24.3 Å². The third-order valence-corrected chi connectivity index (χ3v) is 4.45. The minimum Gasteiger partial charge on any atom is -0.495 e. The molecule has 0 aliphatic carbocycles. The van der Waals surface area contributed by atoms with Crippen LogP contribution in [0.1, 0.15) is 28.9 Å². The van der Waals surface area contributed by atoms with E-state index in [9.17, 15) is 4.79 Å². The van der Waals surface area contributed by atoms with Gasteiger partial charge in [-0.1, -0.05) is 11.6 Å². The Kier molecular flexibility index (Phi) is 4.85. The maximum absolute atomic E-state index is 12.4. The van der Waals surface area contributed by atoms with Crippen molar-refractivity contribution in [3.63, 3.8) is 0 Å². The molecular formula is C17H19ClN4O2. The van der Waals surface area contributed by atoms with Gasteiger partial charge in [0.1, 0.15) is 5.75 Å². The Hall–Kier alpha value is -2.34. The number of anilines is 2. The molecule has 0 spiro atoms. The maximum Gasteiger partial charge on any atom is 0.276 e. The molecule has 7 heteroatoms. The van der Waals surface area contributed by atoms with Crippen molar-refractivity contribution < 1.29 is 9.53 Å². The minimum atomic E-state index is -0.338. The zero-order chi connectivity index (χ0) is 17.1. The van der Waals surface area contributed by atoms with Crippen molar-refractivity contribution in [3.8, 4) is 5.75 Å². The van der Waals surface area contributed by atoms with Crippen LogP contribution in [0.2, 0.25) is 5.02 Å².